The Kier molecular flexibility index (Phi) is 5.84. The van der Waals surface area contributed by atoms with Crippen molar-refractivity contribution < 1.29 is 5.11 Å². The Labute approximate surface area is 124 Å². The summed E-state index contributed by atoms with van der Waals surface area (Å²) in [6.07, 6.45) is 7.20. The van der Waals surface area contributed by atoms with E-state index in [1.54, 1.807) is 0 Å². The molecule has 118 valence electrons. The minimum atomic E-state index is -0.0183. The first-order valence-corrected chi connectivity index (χ1v) is 8.36. The number of rotatable bonds is 6. The van der Waals surface area contributed by atoms with Crippen LogP contribution in [-0.2, 0) is 0 Å². The van der Waals surface area contributed by atoms with Crippen molar-refractivity contribution in [3.8, 4) is 0 Å². The summed E-state index contributed by atoms with van der Waals surface area (Å²) in [4.78, 5) is 5.05. The van der Waals surface area contributed by atoms with Gasteiger partial charge in [0.2, 0.25) is 0 Å². The smallest absolute Gasteiger partial charge is 0.0613 e. The fraction of sp³-hybridized carbons (Fsp3) is 1.00. The van der Waals surface area contributed by atoms with E-state index in [-0.39, 0.29) is 12.1 Å². The van der Waals surface area contributed by atoms with Crippen LogP contribution in [0.4, 0.5) is 0 Å². The van der Waals surface area contributed by atoms with E-state index in [0.29, 0.717) is 12.1 Å². The highest BCUT2D eigenvalue weighted by Gasteiger charge is 2.41. The topological polar surface area (TPSA) is 38.7 Å². The van der Waals surface area contributed by atoms with Crippen LogP contribution < -0.4 is 5.32 Å². The van der Waals surface area contributed by atoms with E-state index < -0.39 is 0 Å². The van der Waals surface area contributed by atoms with Gasteiger partial charge in [0.1, 0.15) is 0 Å². The molecule has 0 amide bonds. The molecule has 4 nitrogen and oxygen atoms in total. The quantitative estimate of drug-likeness (QED) is 0.771. The maximum absolute atomic E-state index is 9.81. The van der Waals surface area contributed by atoms with Crippen molar-refractivity contribution in [3.05, 3.63) is 0 Å². The van der Waals surface area contributed by atoms with Gasteiger partial charge in [-0.15, -0.1) is 0 Å². The summed E-state index contributed by atoms with van der Waals surface area (Å²) in [6, 6.07) is 1.32. The highest BCUT2D eigenvalue weighted by molar-refractivity contribution is 5.00. The van der Waals surface area contributed by atoms with Crippen molar-refractivity contribution in [2.75, 3.05) is 40.3 Å². The van der Waals surface area contributed by atoms with Crippen LogP contribution in [0.2, 0.25) is 0 Å². The average Bonchev–Trinajstić information content (AvgIpc) is 2.89. The molecule has 0 aromatic heterocycles. The van der Waals surface area contributed by atoms with Gasteiger partial charge in [-0.05, 0) is 65.7 Å². The lowest BCUT2D eigenvalue weighted by atomic mass is 9.97. The molecular weight excluding hydrogens is 250 g/mol. The molecule has 1 saturated heterocycles. The Hall–Kier alpha value is -0.160. The summed E-state index contributed by atoms with van der Waals surface area (Å²) in [5.41, 5.74) is -0.0183. The van der Waals surface area contributed by atoms with Crippen LogP contribution in [0.3, 0.4) is 0 Å². The summed E-state index contributed by atoms with van der Waals surface area (Å²) < 4.78 is 0. The van der Waals surface area contributed by atoms with Crippen LogP contribution in [0.15, 0.2) is 0 Å². The molecule has 0 aromatic rings. The van der Waals surface area contributed by atoms with E-state index in [1.165, 1.54) is 32.4 Å². The Morgan fingerprint density at radius 3 is 2.80 bits per heavy atom. The summed E-state index contributed by atoms with van der Waals surface area (Å²) >= 11 is 0. The van der Waals surface area contributed by atoms with Gasteiger partial charge < -0.3 is 15.3 Å². The van der Waals surface area contributed by atoms with Crippen molar-refractivity contribution >= 4 is 0 Å². The number of nitrogens with one attached hydrogen (secondary N) is 1. The molecule has 1 heterocycles. The van der Waals surface area contributed by atoms with E-state index in [2.05, 4.69) is 36.1 Å². The third kappa shape index (κ3) is 3.73. The summed E-state index contributed by atoms with van der Waals surface area (Å²) in [7, 11) is 4.53. The Morgan fingerprint density at radius 2 is 2.15 bits per heavy atom. The number of nitrogens with zero attached hydrogens (tertiary/aromatic N) is 2. The Bertz CT molecular complexity index is 299. The lowest BCUT2D eigenvalue weighted by molar-refractivity contribution is 0.0904. The van der Waals surface area contributed by atoms with Gasteiger partial charge in [0.15, 0.2) is 0 Å². The largest absolute Gasteiger partial charge is 0.394 e. The summed E-state index contributed by atoms with van der Waals surface area (Å²) in [5, 5.41) is 13.4. The van der Waals surface area contributed by atoms with Gasteiger partial charge in [0.05, 0.1) is 6.61 Å². The van der Waals surface area contributed by atoms with Crippen LogP contribution in [-0.4, -0.2) is 72.9 Å². The molecule has 4 heteroatoms. The molecule has 0 aromatic carbocycles. The molecule has 2 fully saturated rings. The third-order valence-corrected chi connectivity index (χ3v) is 5.39. The molecule has 2 aliphatic rings. The van der Waals surface area contributed by atoms with Crippen molar-refractivity contribution in [2.24, 2.45) is 0 Å². The molecular formula is C16H33N3O. The summed E-state index contributed by atoms with van der Waals surface area (Å²) in [5.74, 6) is 0. The lowest BCUT2D eigenvalue weighted by Crippen LogP contribution is -2.51. The third-order valence-electron chi connectivity index (χ3n) is 5.39. The predicted molar refractivity (Wildman–Crippen MR) is 84.0 cm³/mol. The van der Waals surface area contributed by atoms with Gasteiger partial charge >= 0.3 is 0 Å². The van der Waals surface area contributed by atoms with Crippen molar-refractivity contribution in [2.45, 2.75) is 63.1 Å². The molecule has 2 N–H and O–H groups in total. The number of likely N-dealkylation sites (tertiary alicyclic amines) is 1. The minimum Gasteiger partial charge on any atom is -0.394 e. The van der Waals surface area contributed by atoms with Gasteiger partial charge in [-0.1, -0.05) is 6.92 Å². The number of hydrogen-bond acceptors (Lipinski definition) is 4. The molecule has 0 spiro atoms. The molecule has 2 rings (SSSR count). The molecule has 1 aliphatic heterocycles. The normalized spacial score (nSPS) is 35.9. The molecule has 3 unspecified atom stereocenters. The van der Waals surface area contributed by atoms with Gasteiger partial charge in [0, 0.05) is 24.2 Å². The molecule has 3 atom stereocenters. The zero-order valence-corrected chi connectivity index (χ0v) is 13.6. The fourth-order valence-corrected chi connectivity index (χ4v) is 3.97. The van der Waals surface area contributed by atoms with Crippen LogP contribution >= 0.6 is 0 Å². The first kappa shape index (κ1) is 16.2. The van der Waals surface area contributed by atoms with Crippen LogP contribution in [0, 0.1) is 0 Å². The van der Waals surface area contributed by atoms with Crippen LogP contribution in [0.5, 0.6) is 0 Å². The maximum atomic E-state index is 9.81. The lowest BCUT2D eigenvalue weighted by Gasteiger charge is -2.39. The van der Waals surface area contributed by atoms with Gasteiger partial charge in [-0.2, -0.15) is 0 Å². The number of likely N-dealkylation sites (N-methyl/N-ethyl adjacent to an activating group) is 2. The SMILES string of the molecule is CCCNC1(CO)CCC(N(C)C2CCCN(C)C2)C1. The molecule has 1 saturated carbocycles. The van der Waals surface area contributed by atoms with Gasteiger partial charge in [-0.25, -0.2) is 0 Å². The highest BCUT2D eigenvalue weighted by atomic mass is 16.3. The van der Waals surface area contributed by atoms with Crippen molar-refractivity contribution in [1.82, 2.24) is 15.1 Å². The van der Waals surface area contributed by atoms with Crippen molar-refractivity contribution in [1.29, 1.82) is 0 Å². The molecule has 0 radical (unpaired) electrons. The van der Waals surface area contributed by atoms with Gasteiger partial charge in [0.25, 0.3) is 0 Å². The second-order valence-electron chi connectivity index (χ2n) is 6.99. The molecule has 20 heavy (non-hydrogen) atoms. The van der Waals surface area contributed by atoms with Crippen LogP contribution in [0.25, 0.3) is 0 Å². The number of hydrogen-bond donors (Lipinski definition) is 2. The van der Waals surface area contributed by atoms with Gasteiger partial charge in [-0.3, -0.25) is 4.90 Å². The van der Waals surface area contributed by atoms with E-state index in [9.17, 15) is 5.11 Å². The minimum absolute atomic E-state index is 0.0183. The number of aliphatic hydroxyl groups excluding tert-OH is 1. The van der Waals surface area contributed by atoms with E-state index in [1.807, 2.05) is 0 Å². The number of aliphatic hydroxyl groups is 1. The Balaban J connectivity index is 1.90. The molecule has 1 aliphatic carbocycles. The summed E-state index contributed by atoms with van der Waals surface area (Å²) in [6.45, 7) is 5.93. The monoisotopic (exact) mass is 283 g/mol. The first-order chi connectivity index (χ1) is 9.60. The zero-order chi connectivity index (χ0) is 14.6. The predicted octanol–water partition coefficient (Wildman–Crippen LogP) is 1.30. The second-order valence-corrected chi connectivity index (χ2v) is 6.99. The average molecular weight is 283 g/mol. The van der Waals surface area contributed by atoms with E-state index in [0.717, 1.165) is 25.8 Å². The maximum Gasteiger partial charge on any atom is 0.0613 e. The Morgan fingerprint density at radius 1 is 1.35 bits per heavy atom. The number of piperidine rings is 1. The fourth-order valence-electron chi connectivity index (χ4n) is 3.97. The second kappa shape index (κ2) is 7.21. The zero-order valence-electron chi connectivity index (χ0n) is 13.6. The first-order valence-electron chi connectivity index (χ1n) is 8.36. The van der Waals surface area contributed by atoms with E-state index in [4.69, 9.17) is 0 Å². The molecule has 0 bridgehead atoms. The van der Waals surface area contributed by atoms with E-state index >= 15 is 0 Å². The van der Waals surface area contributed by atoms with Crippen molar-refractivity contribution in [3.63, 3.8) is 0 Å². The standard InChI is InChI=1S/C16H33N3O/c1-4-9-17-16(13-20)8-7-14(11-16)19(3)15-6-5-10-18(2)12-15/h14-15,17,20H,4-13H2,1-3H3. The van der Waals surface area contributed by atoms with Crippen LogP contribution in [0.1, 0.15) is 45.4 Å². The highest BCUT2D eigenvalue weighted by Crippen LogP contribution is 2.34.